The van der Waals surface area contributed by atoms with E-state index in [0.717, 1.165) is 6.07 Å². The van der Waals surface area contributed by atoms with Crippen molar-refractivity contribution in [3.05, 3.63) is 77.5 Å². The Balaban J connectivity index is 2.19. The van der Waals surface area contributed by atoms with E-state index in [0.29, 0.717) is 5.02 Å². The molecule has 0 bridgehead atoms. The van der Waals surface area contributed by atoms with E-state index >= 15 is 0 Å². The molecule has 4 nitrogen and oxygen atoms in total. The Kier molecular flexibility index (Phi) is 4.35. The van der Waals surface area contributed by atoms with Crippen molar-refractivity contribution in [1.82, 2.24) is 14.5 Å². The molecule has 0 saturated carbocycles. The van der Waals surface area contributed by atoms with Crippen molar-refractivity contribution in [2.45, 2.75) is 6.18 Å². The van der Waals surface area contributed by atoms with Crippen LogP contribution < -0.4 is 0 Å². The summed E-state index contributed by atoms with van der Waals surface area (Å²) in [5.74, 6) is 0.301. The molecule has 0 unspecified atom stereocenters. The summed E-state index contributed by atoms with van der Waals surface area (Å²) in [4.78, 5) is 12.1. The molecule has 0 aliphatic rings. The van der Waals surface area contributed by atoms with Gasteiger partial charge in [0, 0.05) is 24.2 Å². The molecule has 0 aliphatic carbocycles. The summed E-state index contributed by atoms with van der Waals surface area (Å²) in [5, 5.41) is 0.411. The number of nitrogens with zero attached hydrogens (tertiary/aromatic N) is 4. The fraction of sp³-hybridized carbons (Fsp3) is 0.0625. The first-order valence-corrected chi connectivity index (χ1v) is 7.18. The number of pyridine rings is 1. The molecule has 0 atom stereocenters. The third-order valence-electron chi connectivity index (χ3n) is 3.15. The molecular formula is C16H10ClF3N4. The molecule has 0 aliphatic heterocycles. The maximum atomic E-state index is 13.3. The van der Waals surface area contributed by atoms with Gasteiger partial charge in [0.05, 0.1) is 10.6 Å². The Morgan fingerprint density at radius 1 is 1.12 bits per heavy atom. The van der Waals surface area contributed by atoms with Gasteiger partial charge in [-0.3, -0.25) is 4.57 Å². The van der Waals surface area contributed by atoms with Crippen LogP contribution in [0.2, 0.25) is 5.02 Å². The summed E-state index contributed by atoms with van der Waals surface area (Å²) < 4.78 is 41.4. The van der Waals surface area contributed by atoms with Crippen LogP contribution in [0.15, 0.2) is 66.3 Å². The molecule has 0 fully saturated rings. The molecule has 3 aromatic rings. The van der Waals surface area contributed by atoms with E-state index in [-0.39, 0.29) is 17.2 Å². The number of rotatable bonds is 2. The summed E-state index contributed by atoms with van der Waals surface area (Å²) in [5.41, 5.74) is -0.855. The molecule has 3 rings (SSSR count). The number of aliphatic imine (C=N–C) groups is 1. The van der Waals surface area contributed by atoms with Gasteiger partial charge < -0.3 is 0 Å². The van der Waals surface area contributed by atoms with Gasteiger partial charge in [-0.05, 0) is 18.2 Å². The highest BCUT2D eigenvalue weighted by Crippen LogP contribution is 2.32. The van der Waals surface area contributed by atoms with Gasteiger partial charge in [0.25, 0.3) is 0 Å². The van der Waals surface area contributed by atoms with Gasteiger partial charge in [0.15, 0.2) is 5.82 Å². The zero-order valence-corrected chi connectivity index (χ0v) is 12.8. The molecule has 2 heterocycles. The molecule has 122 valence electrons. The Bertz CT molecular complexity index is 856. The number of alkyl halides is 3. The average Bonchev–Trinajstić information content (AvgIpc) is 3.08. The molecule has 24 heavy (non-hydrogen) atoms. The molecule has 2 aromatic heterocycles. The summed E-state index contributed by atoms with van der Waals surface area (Å²) in [7, 11) is 0. The summed E-state index contributed by atoms with van der Waals surface area (Å²) in [6, 6.07) is 8.31. The van der Waals surface area contributed by atoms with Crippen LogP contribution in [0.4, 0.5) is 19.0 Å². The van der Waals surface area contributed by atoms with Crippen molar-refractivity contribution in [1.29, 1.82) is 0 Å². The highest BCUT2D eigenvalue weighted by atomic mass is 35.5. The first kappa shape index (κ1) is 16.2. The number of aromatic nitrogens is 3. The van der Waals surface area contributed by atoms with Crippen molar-refractivity contribution in [2.24, 2.45) is 4.99 Å². The lowest BCUT2D eigenvalue weighted by atomic mass is 10.1. The number of benzene rings is 1. The van der Waals surface area contributed by atoms with Gasteiger partial charge in [0.1, 0.15) is 12.2 Å². The standard InChI is InChI=1S/C16H10ClF3N4/c17-11-5-6-14(22-9-11)23-15(24-8-7-21-10-24)12-3-1-2-4-13(12)16(18,19)20/h1-10H. The fourth-order valence-electron chi connectivity index (χ4n) is 2.11. The lowest BCUT2D eigenvalue weighted by Gasteiger charge is -2.15. The first-order chi connectivity index (χ1) is 11.4. The minimum Gasteiger partial charge on any atom is -0.290 e. The number of hydrogen-bond acceptors (Lipinski definition) is 3. The van der Waals surface area contributed by atoms with Crippen molar-refractivity contribution >= 4 is 23.3 Å². The van der Waals surface area contributed by atoms with Crippen molar-refractivity contribution < 1.29 is 13.2 Å². The molecule has 0 N–H and O–H groups in total. The minimum atomic E-state index is -4.51. The van der Waals surface area contributed by atoms with Crippen LogP contribution in [0.5, 0.6) is 0 Å². The van der Waals surface area contributed by atoms with Gasteiger partial charge in [-0.1, -0.05) is 29.8 Å². The fourth-order valence-corrected chi connectivity index (χ4v) is 2.22. The van der Waals surface area contributed by atoms with Crippen LogP contribution in [0.3, 0.4) is 0 Å². The summed E-state index contributed by atoms with van der Waals surface area (Å²) in [6.45, 7) is 0. The zero-order valence-electron chi connectivity index (χ0n) is 12.1. The molecular weight excluding hydrogens is 341 g/mol. The van der Waals surface area contributed by atoms with Crippen LogP contribution in [-0.4, -0.2) is 20.4 Å². The van der Waals surface area contributed by atoms with Gasteiger partial charge in [0.2, 0.25) is 0 Å². The molecule has 0 radical (unpaired) electrons. The van der Waals surface area contributed by atoms with Crippen LogP contribution >= 0.6 is 11.6 Å². The van der Waals surface area contributed by atoms with Crippen molar-refractivity contribution in [3.63, 3.8) is 0 Å². The van der Waals surface area contributed by atoms with Gasteiger partial charge in [-0.15, -0.1) is 0 Å². The van der Waals surface area contributed by atoms with E-state index < -0.39 is 11.7 Å². The van der Waals surface area contributed by atoms with Crippen LogP contribution in [-0.2, 0) is 6.18 Å². The van der Waals surface area contributed by atoms with Crippen molar-refractivity contribution in [3.8, 4) is 0 Å². The van der Waals surface area contributed by atoms with E-state index in [1.165, 1.54) is 53.8 Å². The monoisotopic (exact) mass is 350 g/mol. The predicted octanol–water partition coefficient (Wildman–Crippen LogP) is 4.58. The Hall–Kier alpha value is -2.67. The number of hydrogen-bond donors (Lipinski definition) is 0. The largest absolute Gasteiger partial charge is 0.417 e. The molecule has 0 amide bonds. The molecule has 0 spiro atoms. The van der Waals surface area contributed by atoms with E-state index in [9.17, 15) is 13.2 Å². The zero-order chi connectivity index (χ0) is 17.2. The molecule has 0 saturated heterocycles. The lowest BCUT2D eigenvalue weighted by Crippen LogP contribution is -2.18. The minimum absolute atomic E-state index is 0.0650. The molecule has 1 aromatic carbocycles. The Labute approximate surface area is 140 Å². The van der Waals surface area contributed by atoms with E-state index in [1.54, 1.807) is 6.07 Å². The number of halogens is 4. The van der Waals surface area contributed by atoms with E-state index in [1.807, 2.05) is 0 Å². The molecule has 8 heteroatoms. The van der Waals surface area contributed by atoms with Crippen LogP contribution in [0.25, 0.3) is 0 Å². The second-order valence-corrected chi connectivity index (χ2v) is 5.22. The average molecular weight is 351 g/mol. The van der Waals surface area contributed by atoms with Gasteiger partial charge in [-0.2, -0.15) is 13.2 Å². The normalized spacial score (nSPS) is 12.4. The van der Waals surface area contributed by atoms with E-state index in [4.69, 9.17) is 11.6 Å². The maximum absolute atomic E-state index is 13.3. The lowest BCUT2D eigenvalue weighted by molar-refractivity contribution is -0.137. The third-order valence-corrected chi connectivity index (χ3v) is 3.38. The van der Waals surface area contributed by atoms with Gasteiger partial charge >= 0.3 is 6.18 Å². The predicted molar refractivity (Wildman–Crippen MR) is 84.5 cm³/mol. The Morgan fingerprint density at radius 2 is 1.92 bits per heavy atom. The highest BCUT2D eigenvalue weighted by molar-refractivity contribution is 6.30. The quantitative estimate of drug-likeness (QED) is 0.501. The second kappa shape index (κ2) is 6.45. The van der Waals surface area contributed by atoms with Crippen molar-refractivity contribution in [2.75, 3.05) is 0 Å². The maximum Gasteiger partial charge on any atom is 0.417 e. The van der Waals surface area contributed by atoms with Crippen LogP contribution in [0, 0.1) is 0 Å². The Morgan fingerprint density at radius 3 is 2.54 bits per heavy atom. The van der Waals surface area contributed by atoms with Gasteiger partial charge in [-0.25, -0.2) is 15.0 Å². The first-order valence-electron chi connectivity index (χ1n) is 6.80. The topological polar surface area (TPSA) is 43.1 Å². The van der Waals surface area contributed by atoms with E-state index in [2.05, 4.69) is 15.0 Å². The third kappa shape index (κ3) is 3.46. The van der Waals surface area contributed by atoms with Crippen LogP contribution in [0.1, 0.15) is 11.1 Å². The second-order valence-electron chi connectivity index (χ2n) is 4.78. The number of imidazole rings is 1. The summed E-state index contributed by atoms with van der Waals surface area (Å²) >= 11 is 5.77. The SMILES string of the molecule is FC(F)(F)c1ccccc1C(=Nc1ccc(Cl)cn1)n1ccnc1. The summed E-state index contributed by atoms with van der Waals surface area (Å²) in [6.07, 6.45) is 1.22. The highest BCUT2D eigenvalue weighted by Gasteiger charge is 2.34. The smallest absolute Gasteiger partial charge is 0.290 e.